The van der Waals surface area contributed by atoms with E-state index in [1.807, 2.05) is 30.3 Å². The molecule has 2 aromatic carbocycles. The van der Waals surface area contributed by atoms with Gasteiger partial charge in [0.25, 0.3) is 5.91 Å². The third-order valence-electron chi connectivity index (χ3n) is 5.91. The van der Waals surface area contributed by atoms with E-state index in [0.29, 0.717) is 11.6 Å². The standard InChI is InChI=1S/C26H30N4O2/c1-32-25-10-3-2-6-20(25)11-15-28-22-12-16-30(17-13-22)24-9-4-8-23(18-24)29-26(31)21-7-5-14-27-19-21/h2-10,14,18-19,22,28H,11-13,15-17H2,1H3,(H,29,31). The van der Waals surface area contributed by atoms with Crippen LogP contribution in [0.5, 0.6) is 5.75 Å². The highest BCUT2D eigenvalue weighted by molar-refractivity contribution is 6.04. The van der Waals surface area contributed by atoms with Crippen LogP contribution in [0.3, 0.4) is 0 Å². The maximum absolute atomic E-state index is 12.4. The number of ether oxygens (including phenoxy) is 1. The summed E-state index contributed by atoms with van der Waals surface area (Å²) in [7, 11) is 1.72. The molecule has 6 heteroatoms. The first-order valence-electron chi connectivity index (χ1n) is 11.1. The molecule has 1 aliphatic heterocycles. The number of para-hydroxylation sites is 1. The van der Waals surface area contributed by atoms with Gasteiger partial charge in [-0.05, 0) is 67.8 Å². The van der Waals surface area contributed by atoms with E-state index in [4.69, 9.17) is 4.74 Å². The number of carbonyl (C=O) groups excluding carboxylic acids is 1. The van der Waals surface area contributed by atoms with Gasteiger partial charge in [0.1, 0.15) is 5.75 Å². The molecule has 0 unspecified atom stereocenters. The highest BCUT2D eigenvalue weighted by Gasteiger charge is 2.19. The van der Waals surface area contributed by atoms with Crippen molar-refractivity contribution >= 4 is 17.3 Å². The Morgan fingerprint density at radius 3 is 2.72 bits per heavy atom. The molecule has 0 radical (unpaired) electrons. The maximum Gasteiger partial charge on any atom is 0.257 e. The van der Waals surface area contributed by atoms with Crippen LogP contribution in [-0.4, -0.2) is 43.7 Å². The van der Waals surface area contributed by atoms with Crippen LogP contribution in [0.4, 0.5) is 11.4 Å². The predicted molar refractivity (Wildman–Crippen MR) is 129 cm³/mol. The third kappa shape index (κ3) is 5.65. The number of methoxy groups -OCH3 is 1. The Labute approximate surface area is 189 Å². The van der Waals surface area contributed by atoms with Crippen molar-refractivity contribution in [2.75, 3.05) is 37.0 Å². The number of nitrogens with one attached hydrogen (secondary N) is 2. The molecule has 6 nitrogen and oxygen atoms in total. The number of hydrogen-bond donors (Lipinski definition) is 2. The van der Waals surface area contributed by atoms with E-state index < -0.39 is 0 Å². The van der Waals surface area contributed by atoms with Gasteiger partial charge in [-0.15, -0.1) is 0 Å². The lowest BCUT2D eigenvalue weighted by atomic mass is 10.0. The van der Waals surface area contributed by atoms with Crippen LogP contribution in [0.25, 0.3) is 0 Å². The highest BCUT2D eigenvalue weighted by Crippen LogP contribution is 2.24. The summed E-state index contributed by atoms with van der Waals surface area (Å²) >= 11 is 0. The Balaban J connectivity index is 1.26. The molecule has 0 bridgehead atoms. The van der Waals surface area contributed by atoms with Crippen LogP contribution in [0.1, 0.15) is 28.8 Å². The zero-order chi connectivity index (χ0) is 22.2. The zero-order valence-corrected chi connectivity index (χ0v) is 18.5. The molecular formula is C26H30N4O2. The summed E-state index contributed by atoms with van der Waals surface area (Å²) in [6.07, 6.45) is 6.39. The minimum Gasteiger partial charge on any atom is -0.496 e. The molecule has 0 spiro atoms. The van der Waals surface area contributed by atoms with Gasteiger partial charge < -0.3 is 20.3 Å². The zero-order valence-electron chi connectivity index (χ0n) is 18.5. The number of benzene rings is 2. The van der Waals surface area contributed by atoms with Crippen LogP contribution in [0.15, 0.2) is 73.1 Å². The number of anilines is 2. The lowest BCUT2D eigenvalue weighted by molar-refractivity contribution is 0.102. The molecule has 1 aliphatic rings. The number of pyridine rings is 1. The van der Waals surface area contributed by atoms with Gasteiger partial charge >= 0.3 is 0 Å². The largest absolute Gasteiger partial charge is 0.496 e. The molecule has 32 heavy (non-hydrogen) atoms. The lowest BCUT2D eigenvalue weighted by Gasteiger charge is -2.34. The molecule has 2 N–H and O–H groups in total. The quantitative estimate of drug-likeness (QED) is 0.562. The number of hydrogen-bond acceptors (Lipinski definition) is 5. The average molecular weight is 431 g/mol. The normalized spacial score (nSPS) is 14.2. The smallest absolute Gasteiger partial charge is 0.257 e. The molecule has 1 amide bonds. The molecule has 1 aromatic heterocycles. The second-order valence-electron chi connectivity index (χ2n) is 8.02. The first kappa shape index (κ1) is 21.8. The van der Waals surface area contributed by atoms with Crippen molar-refractivity contribution in [3.05, 3.63) is 84.2 Å². The number of rotatable bonds is 8. The average Bonchev–Trinajstić information content (AvgIpc) is 2.85. The van der Waals surface area contributed by atoms with Crippen molar-refractivity contribution < 1.29 is 9.53 Å². The van der Waals surface area contributed by atoms with Crippen LogP contribution < -0.4 is 20.3 Å². The molecular weight excluding hydrogens is 400 g/mol. The number of aromatic nitrogens is 1. The van der Waals surface area contributed by atoms with Crippen LogP contribution in [0, 0.1) is 0 Å². The van der Waals surface area contributed by atoms with Gasteiger partial charge in [-0.1, -0.05) is 24.3 Å². The molecule has 1 saturated heterocycles. The summed E-state index contributed by atoms with van der Waals surface area (Å²) in [5.41, 5.74) is 3.73. The van der Waals surface area contributed by atoms with Crippen LogP contribution in [0.2, 0.25) is 0 Å². The van der Waals surface area contributed by atoms with Gasteiger partial charge in [-0.3, -0.25) is 9.78 Å². The van der Waals surface area contributed by atoms with E-state index in [-0.39, 0.29) is 5.91 Å². The predicted octanol–water partition coefficient (Wildman–Crippen LogP) is 4.14. The topological polar surface area (TPSA) is 66.5 Å². The maximum atomic E-state index is 12.4. The molecule has 3 aromatic rings. The summed E-state index contributed by atoms with van der Waals surface area (Å²) in [6.45, 7) is 2.93. The molecule has 0 saturated carbocycles. The third-order valence-corrected chi connectivity index (χ3v) is 5.91. The fraction of sp³-hybridized carbons (Fsp3) is 0.308. The van der Waals surface area contributed by atoms with Crippen molar-refractivity contribution in [2.24, 2.45) is 0 Å². The van der Waals surface area contributed by atoms with Gasteiger partial charge in [0.05, 0.1) is 12.7 Å². The second kappa shape index (κ2) is 10.8. The monoisotopic (exact) mass is 430 g/mol. The van der Waals surface area contributed by atoms with Gasteiger partial charge in [0, 0.05) is 42.9 Å². The number of carbonyl (C=O) groups is 1. The van der Waals surface area contributed by atoms with E-state index in [2.05, 4.69) is 38.7 Å². The van der Waals surface area contributed by atoms with Gasteiger partial charge in [0.2, 0.25) is 0 Å². The van der Waals surface area contributed by atoms with Crippen LogP contribution in [-0.2, 0) is 6.42 Å². The van der Waals surface area contributed by atoms with Crippen LogP contribution >= 0.6 is 0 Å². The van der Waals surface area contributed by atoms with Crippen molar-refractivity contribution in [2.45, 2.75) is 25.3 Å². The van der Waals surface area contributed by atoms with Crippen molar-refractivity contribution in [3.63, 3.8) is 0 Å². The lowest BCUT2D eigenvalue weighted by Crippen LogP contribution is -2.43. The van der Waals surface area contributed by atoms with Crippen molar-refractivity contribution in [1.29, 1.82) is 0 Å². The summed E-state index contributed by atoms with van der Waals surface area (Å²) in [5, 5.41) is 6.67. The van der Waals surface area contributed by atoms with Crippen molar-refractivity contribution in [3.8, 4) is 5.75 Å². The highest BCUT2D eigenvalue weighted by atomic mass is 16.5. The Hall–Kier alpha value is -3.38. The summed E-state index contributed by atoms with van der Waals surface area (Å²) < 4.78 is 5.45. The van der Waals surface area contributed by atoms with E-state index >= 15 is 0 Å². The Morgan fingerprint density at radius 1 is 1.09 bits per heavy atom. The van der Waals surface area contributed by atoms with E-state index in [1.165, 1.54) is 5.56 Å². The summed E-state index contributed by atoms with van der Waals surface area (Å²) in [6, 6.07) is 20.3. The van der Waals surface area contributed by atoms with E-state index in [9.17, 15) is 4.79 Å². The molecule has 4 rings (SSSR count). The van der Waals surface area contributed by atoms with E-state index in [1.54, 1.807) is 31.6 Å². The Morgan fingerprint density at radius 2 is 1.94 bits per heavy atom. The first-order valence-corrected chi connectivity index (χ1v) is 11.1. The van der Waals surface area contributed by atoms with Gasteiger partial charge in [0.15, 0.2) is 0 Å². The number of piperidine rings is 1. The minimum atomic E-state index is -0.145. The Bertz CT molecular complexity index is 1020. The first-order chi connectivity index (χ1) is 15.7. The number of amides is 1. The van der Waals surface area contributed by atoms with Gasteiger partial charge in [-0.25, -0.2) is 0 Å². The Kier molecular flexibility index (Phi) is 7.35. The van der Waals surface area contributed by atoms with E-state index in [0.717, 1.165) is 56.0 Å². The molecule has 1 fully saturated rings. The molecule has 0 aliphatic carbocycles. The van der Waals surface area contributed by atoms with Gasteiger partial charge in [-0.2, -0.15) is 0 Å². The van der Waals surface area contributed by atoms with Crippen molar-refractivity contribution in [1.82, 2.24) is 10.3 Å². The SMILES string of the molecule is COc1ccccc1CCNC1CCN(c2cccc(NC(=O)c3cccnc3)c2)CC1. The minimum absolute atomic E-state index is 0.145. The fourth-order valence-corrected chi connectivity index (χ4v) is 4.14. The fourth-order valence-electron chi connectivity index (χ4n) is 4.14. The summed E-state index contributed by atoms with van der Waals surface area (Å²) in [5.74, 6) is 0.813. The summed E-state index contributed by atoms with van der Waals surface area (Å²) in [4.78, 5) is 18.8. The second-order valence-corrected chi connectivity index (χ2v) is 8.02. The molecule has 166 valence electrons. The molecule has 0 atom stereocenters. The number of nitrogens with zero attached hydrogens (tertiary/aromatic N) is 2. The molecule has 2 heterocycles.